The third kappa shape index (κ3) is 2.84. The number of benzene rings is 2. The van der Waals surface area contributed by atoms with E-state index in [9.17, 15) is 4.79 Å². The maximum absolute atomic E-state index is 11.9. The number of nitrogens with one attached hydrogen (secondary N) is 1. The highest BCUT2D eigenvalue weighted by atomic mass is 32.1. The van der Waals surface area contributed by atoms with Crippen molar-refractivity contribution in [1.82, 2.24) is 5.43 Å². The molecule has 22 heavy (non-hydrogen) atoms. The number of hydrogen-bond acceptors (Lipinski definition) is 4. The monoisotopic (exact) mass is 310 g/mol. The molecule has 0 aliphatic heterocycles. The molecule has 0 spiro atoms. The maximum Gasteiger partial charge on any atom is 0.271 e. The van der Waals surface area contributed by atoms with Crippen molar-refractivity contribution in [3.05, 3.63) is 65.0 Å². The number of rotatable bonds is 4. The van der Waals surface area contributed by atoms with Crippen molar-refractivity contribution in [2.45, 2.75) is 0 Å². The van der Waals surface area contributed by atoms with Gasteiger partial charge in [0, 0.05) is 15.6 Å². The Kier molecular flexibility index (Phi) is 4.16. The zero-order valence-corrected chi connectivity index (χ0v) is 12.8. The van der Waals surface area contributed by atoms with E-state index in [1.807, 2.05) is 42.5 Å². The third-order valence-electron chi connectivity index (χ3n) is 3.16. The Balaban J connectivity index is 1.80. The molecule has 1 amide bonds. The zero-order valence-electron chi connectivity index (χ0n) is 11.9. The first-order valence-corrected chi connectivity index (χ1v) is 7.55. The quantitative estimate of drug-likeness (QED) is 0.590. The second kappa shape index (κ2) is 6.41. The van der Waals surface area contributed by atoms with Gasteiger partial charge in [0.05, 0.1) is 18.2 Å². The zero-order chi connectivity index (χ0) is 15.4. The first kappa shape index (κ1) is 14.3. The molecule has 0 atom stereocenters. The molecule has 1 heterocycles. The molecule has 1 aromatic heterocycles. The average molecular weight is 310 g/mol. The fraction of sp³-hybridized carbons (Fsp3) is 0.0588. The molecule has 0 unspecified atom stereocenters. The minimum Gasteiger partial charge on any atom is -0.495 e. The molecule has 0 saturated carbocycles. The van der Waals surface area contributed by atoms with E-state index in [4.69, 9.17) is 4.74 Å². The molecule has 0 bridgehead atoms. The summed E-state index contributed by atoms with van der Waals surface area (Å²) in [6.07, 6.45) is 1.62. The summed E-state index contributed by atoms with van der Waals surface area (Å²) in [5.41, 5.74) is 3.10. The molecule has 3 aromatic rings. The molecule has 110 valence electrons. The predicted molar refractivity (Wildman–Crippen MR) is 89.9 cm³/mol. The molecule has 0 fully saturated rings. The fourth-order valence-electron chi connectivity index (χ4n) is 2.14. The lowest BCUT2D eigenvalue weighted by Gasteiger charge is -2.00. The Morgan fingerprint density at radius 1 is 1.14 bits per heavy atom. The summed E-state index contributed by atoms with van der Waals surface area (Å²) in [4.78, 5) is 12.8. The molecule has 0 aliphatic carbocycles. The summed E-state index contributed by atoms with van der Waals surface area (Å²) < 4.78 is 6.57. The SMILES string of the molecule is COc1c(C=NNC(=O)c2ccccc2)sc2ccccc12. The van der Waals surface area contributed by atoms with Gasteiger partial charge in [-0.2, -0.15) is 5.10 Å². The van der Waals surface area contributed by atoms with Crippen molar-refractivity contribution in [1.29, 1.82) is 0 Å². The second-order valence-corrected chi connectivity index (χ2v) is 5.64. The van der Waals surface area contributed by atoms with Gasteiger partial charge in [-0.1, -0.05) is 30.3 Å². The Morgan fingerprint density at radius 3 is 2.64 bits per heavy atom. The van der Waals surface area contributed by atoms with Gasteiger partial charge in [-0.15, -0.1) is 11.3 Å². The minimum absolute atomic E-state index is 0.239. The van der Waals surface area contributed by atoms with Gasteiger partial charge >= 0.3 is 0 Å². The molecule has 0 radical (unpaired) electrons. The van der Waals surface area contributed by atoms with Gasteiger partial charge in [-0.25, -0.2) is 5.43 Å². The van der Waals surface area contributed by atoms with E-state index in [0.29, 0.717) is 5.56 Å². The molecule has 2 aromatic carbocycles. The van der Waals surface area contributed by atoms with Gasteiger partial charge in [0.15, 0.2) is 0 Å². The standard InChI is InChI=1S/C17H14N2O2S/c1-21-16-13-9-5-6-10-14(13)22-15(16)11-18-19-17(20)12-7-3-2-4-8-12/h2-11H,1H3,(H,19,20). The van der Waals surface area contributed by atoms with Crippen molar-refractivity contribution in [3.63, 3.8) is 0 Å². The lowest BCUT2D eigenvalue weighted by molar-refractivity contribution is 0.0955. The fourth-order valence-corrected chi connectivity index (χ4v) is 3.19. The van der Waals surface area contributed by atoms with E-state index in [1.165, 1.54) is 0 Å². The van der Waals surface area contributed by atoms with Crippen LogP contribution < -0.4 is 10.2 Å². The van der Waals surface area contributed by atoms with Crippen molar-refractivity contribution in [2.75, 3.05) is 7.11 Å². The van der Waals surface area contributed by atoms with Crippen LogP contribution in [0.3, 0.4) is 0 Å². The van der Waals surface area contributed by atoms with Crippen LogP contribution in [0.4, 0.5) is 0 Å². The molecular weight excluding hydrogens is 296 g/mol. The average Bonchev–Trinajstić information content (AvgIpc) is 2.93. The number of fused-ring (bicyclic) bond motifs is 1. The predicted octanol–water partition coefficient (Wildman–Crippen LogP) is 3.67. The number of hydrogen-bond donors (Lipinski definition) is 1. The number of amides is 1. The van der Waals surface area contributed by atoms with Gasteiger partial charge in [0.1, 0.15) is 5.75 Å². The number of nitrogens with zero attached hydrogens (tertiary/aromatic N) is 1. The largest absolute Gasteiger partial charge is 0.495 e. The Morgan fingerprint density at radius 2 is 1.86 bits per heavy atom. The van der Waals surface area contributed by atoms with E-state index in [1.54, 1.807) is 36.8 Å². The molecule has 3 rings (SSSR count). The van der Waals surface area contributed by atoms with Crippen LogP contribution in [0.15, 0.2) is 59.7 Å². The van der Waals surface area contributed by atoms with Crippen molar-refractivity contribution >= 4 is 33.5 Å². The van der Waals surface area contributed by atoms with Crippen LogP contribution in [-0.2, 0) is 0 Å². The topological polar surface area (TPSA) is 50.7 Å². The number of hydrazone groups is 1. The van der Waals surface area contributed by atoms with E-state index in [0.717, 1.165) is 20.7 Å². The van der Waals surface area contributed by atoms with E-state index >= 15 is 0 Å². The van der Waals surface area contributed by atoms with Crippen LogP contribution in [0.5, 0.6) is 5.75 Å². The third-order valence-corrected chi connectivity index (χ3v) is 4.25. The van der Waals surface area contributed by atoms with Crippen LogP contribution >= 0.6 is 11.3 Å². The first-order valence-electron chi connectivity index (χ1n) is 6.73. The number of ether oxygens (including phenoxy) is 1. The van der Waals surface area contributed by atoms with Gasteiger partial charge in [0.25, 0.3) is 5.91 Å². The highest BCUT2D eigenvalue weighted by molar-refractivity contribution is 7.21. The molecule has 1 N–H and O–H groups in total. The first-order chi connectivity index (χ1) is 10.8. The highest BCUT2D eigenvalue weighted by Gasteiger charge is 2.10. The van der Waals surface area contributed by atoms with Gasteiger partial charge in [-0.3, -0.25) is 4.79 Å². The van der Waals surface area contributed by atoms with Crippen molar-refractivity contribution in [3.8, 4) is 5.75 Å². The van der Waals surface area contributed by atoms with Crippen LogP contribution in [-0.4, -0.2) is 19.2 Å². The Hall–Kier alpha value is -2.66. The number of methoxy groups -OCH3 is 1. The summed E-state index contributed by atoms with van der Waals surface area (Å²) in [7, 11) is 1.63. The number of carbonyl (C=O) groups excluding carboxylic acids is 1. The van der Waals surface area contributed by atoms with E-state index < -0.39 is 0 Å². The van der Waals surface area contributed by atoms with E-state index in [-0.39, 0.29) is 5.91 Å². The summed E-state index contributed by atoms with van der Waals surface area (Å²) in [6, 6.07) is 17.0. The van der Waals surface area contributed by atoms with Crippen LogP contribution in [0.1, 0.15) is 15.2 Å². The van der Waals surface area contributed by atoms with Gasteiger partial charge in [-0.05, 0) is 24.3 Å². The highest BCUT2D eigenvalue weighted by Crippen LogP contribution is 2.36. The maximum atomic E-state index is 11.9. The summed E-state index contributed by atoms with van der Waals surface area (Å²) in [5.74, 6) is 0.537. The van der Waals surface area contributed by atoms with Crippen LogP contribution in [0, 0.1) is 0 Å². The molecule has 5 heteroatoms. The van der Waals surface area contributed by atoms with Crippen molar-refractivity contribution < 1.29 is 9.53 Å². The molecular formula is C17H14N2O2S. The van der Waals surface area contributed by atoms with Crippen LogP contribution in [0.25, 0.3) is 10.1 Å². The van der Waals surface area contributed by atoms with Gasteiger partial charge < -0.3 is 4.74 Å². The summed E-state index contributed by atoms with van der Waals surface area (Å²) in [6.45, 7) is 0. The Bertz CT molecular complexity index is 825. The smallest absolute Gasteiger partial charge is 0.271 e. The minimum atomic E-state index is -0.239. The summed E-state index contributed by atoms with van der Waals surface area (Å²) >= 11 is 1.57. The van der Waals surface area contributed by atoms with Gasteiger partial charge in [0.2, 0.25) is 0 Å². The van der Waals surface area contributed by atoms with Crippen molar-refractivity contribution in [2.24, 2.45) is 5.10 Å². The molecule has 0 saturated heterocycles. The lowest BCUT2D eigenvalue weighted by atomic mass is 10.2. The number of carbonyl (C=O) groups is 1. The molecule has 0 aliphatic rings. The van der Waals surface area contributed by atoms with E-state index in [2.05, 4.69) is 10.5 Å². The number of thiophene rings is 1. The van der Waals surface area contributed by atoms with Crippen LogP contribution in [0.2, 0.25) is 0 Å². The normalized spacial score (nSPS) is 11.0. The Labute approximate surface area is 132 Å². The lowest BCUT2D eigenvalue weighted by Crippen LogP contribution is -2.17. The molecule has 4 nitrogen and oxygen atoms in total. The second-order valence-electron chi connectivity index (χ2n) is 4.56. The summed E-state index contributed by atoms with van der Waals surface area (Å²) in [5, 5.41) is 5.07.